The Morgan fingerprint density at radius 2 is 2.50 bits per heavy atom. The molecule has 1 unspecified atom stereocenters. The fourth-order valence-electron chi connectivity index (χ4n) is 0.506. The van der Waals surface area contributed by atoms with Crippen molar-refractivity contribution in [2.75, 3.05) is 6.54 Å². The SMILES string of the molecule is C=CC(C)NCCC(N)=O. The summed E-state index contributed by atoms with van der Waals surface area (Å²) in [5.41, 5.74) is 4.92. The minimum absolute atomic E-state index is 0.249. The lowest BCUT2D eigenvalue weighted by Crippen LogP contribution is -2.28. The first-order chi connectivity index (χ1) is 4.66. The van der Waals surface area contributed by atoms with Gasteiger partial charge in [0.05, 0.1) is 0 Å². The molecule has 0 aromatic rings. The van der Waals surface area contributed by atoms with Gasteiger partial charge in [-0.15, -0.1) is 6.58 Å². The first kappa shape index (κ1) is 9.17. The molecular weight excluding hydrogens is 128 g/mol. The molecule has 0 fully saturated rings. The molecule has 3 heteroatoms. The van der Waals surface area contributed by atoms with Gasteiger partial charge in [-0.25, -0.2) is 0 Å². The van der Waals surface area contributed by atoms with Gasteiger partial charge in [-0.1, -0.05) is 6.08 Å². The van der Waals surface area contributed by atoms with Crippen molar-refractivity contribution in [2.45, 2.75) is 19.4 Å². The fourth-order valence-corrected chi connectivity index (χ4v) is 0.506. The Morgan fingerprint density at radius 1 is 1.90 bits per heavy atom. The zero-order valence-electron chi connectivity index (χ0n) is 6.26. The van der Waals surface area contributed by atoms with Crippen molar-refractivity contribution in [3.63, 3.8) is 0 Å². The van der Waals surface area contributed by atoms with Crippen LogP contribution >= 0.6 is 0 Å². The van der Waals surface area contributed by atoms with Gasteiger partial charge in [0.1, 0.15) is 0 Å². The first-order valence-electron chi connectivity index (χ1n) is 3.31. The molecule has 0 saturated carbocycles. The molecule has 0 spiro atoms. The predicted octanol–water partition coefficient (Wildman–Crippen LogP) is 0.0259. The second-order valence-corrected chi connectivity index (χ2v) is 2.19. The van der Waals surface area contributed by atoms with E-state index in [2.05, 4.69) is 11.9 Å². The number of nitrogens with one attached hydrogen (secondary N) is 1. The molecule has 0 aliphatic carbocycles. The van der Waals surface area contributed by atoms with E-state index in [9.17, 15) is 4.79 Å². The molecule has 1 amide bonds. The molecule has 0 saturated heterocycles. The minimum Gasteiger partial charge on any atom is -0.370 e. The van der Waals surface area contributed by atoms with Gasteiger partial charge in [-0.3, -0.25) is 4.79 Å². The highest BCUT2D eigenvalue weighted by Crippen LogP contribution is 1.81. The summed E-state index contributed by atoms with van der Waals surface area (Å²) in [5.74, 6) is -0.274. The van der Waals surface area contributed by atoms with Gasteiger partial charge in [0.15, 0.2) is 0 Å². The molecule has 0 aliphatic rings. The minimum atomic E-state index is -0.274. The van der Waals surface area contributed by atoms with Crippen LogP contribution in [0.1, 0.15) is 13.3 Å². The normalized spacial score (nSPS) is 12.5. The number of amides is 1. The monoisotopic (exact) mass is 142 g/mol. The van der Waals surface area contributed by atoms with Gasteiger partial charge >= 0.3 is 0 Å². The quantitative estimate of drug-likeness (QED) is 0.532. The molecule has 1 atom stereocenters. The molecule has 3 N–H and O–H groups in total. The molecule has 3 nitrogen and oxygen atoms in total. The van der Waals surface area contributed by atoms with E-state index in [1.165, 1.54) is 0 Å². The molecule has 0 heterocycles. The summed E-state index contributed by atoms with van der Waals surface area (Å²) in [6, 6.07) is 0.249. The summed E-state index contributed by atoms with van der Waals surface area (Å²) in [7, 11) is 0. The second kappa shape index (κ2) is 4.99. The van der Waals surface area contributed by atoms with Crippen molar-refractivity contribution in [2.24, 2.45) is 5.73 Å². The average Bonchev–Trinajstić information content (AvgIpc) is 1.87. The number of rotatable bonds is 5. The van der Waals surface area contributed by atoms with E-state index in [0.29, 0.717) is 13.0 Å². The third kappa shape index (κ3) is 5.31. The van der Waals surface area contributed by atoms with Crippen molar-refractivity contribution >= 4 is 5.91 Å². The van der Waals surface area contributed by atoms with Crippen LogP contribution in [0.3, 0.4) is 0 Å². The predicted molar refractivity (Wildman–Crippen MR) is 41.5 cm³/mol. The number of nitrogens with two attached hydrogens (primary N) is 1. The third-order valence-electron chi connectivity index (χ3n) is 1.19. The summed E-state index contributed by atoms with van der Waals surface area (Å²) < 4.78 is 0. The summed E-state index contributed by atoms with van der Waals surface area (Å²) in [5, 5.41) is 3.04. The van der Waals surface area contributed by atoms with Crippen molar-refractivity contribution in [3.8, 4) is 0 Å². The maximum Gasteiger partial charge on any atom is 0.218 e. The largest absolute Gasteiger partial charge is 0.370 e. The number of hydrogen-bond acceptors (Lipinski definition) is 2. The van der Waals surface area contributed by atoms with Crippen LogP contribution in [0.25, 0.3) is 0 Å². The topological polar surface area (TPSA) is 55.1 Å². The van der Waals surface area contributed by atoms with Crippen LogP contribution in [0.5, 0.6) is 0 Å². The second-order valence-electron chi connectivity index (χ2n) is 2.19. The lowest BCUT2D eigenvalue weighted by Gasteiger charge is -2.06. The van der Waals surface area contributed by atoms with Crippen LogP contribution in [-0.4, -0.2) is 18.5 Å². The standard InChI is InChI=1S/C7H14N2O/c1-3-6(2)9-5-4-7(8)10/h3,6,9H,1,4-5H2,2H3,(H2,8,10). The van der Waals surface area contributed by atoms with Gasteiger partial charge in [-0.2, -0.15) is 0 Å². The Bertz CT molecular complexity index is 123. The molecule has 58 valence electrons. The molecule has 0 rings (SSSR count). The van der Waals surface area contributed by atoms with E-state index >= 15 is 0 Å². The Kier molecular flexibility index (Phi) is 4.58. The van der Waals surface area contributed by atoms with Crippen LogP contribution < -0.4 is 11.1 Å². The van der Waals surface area contributed by atoms with Crippen molar-refractivity contribution in [1.82, 2.24) is 5.32 Å². The van der Waals surface area contributed by atoms with E-state index in [-0.39, 0.29) is 11.9 Å². The number of carbonyl (C=O) groups excluding carboxylic acids is 1. The van der Waals surface area contributed by atoms with Crippen LogP contribution in [0.15, 0.2) is 12.7 Å². The van der Waals surface area contributed by atoms with Crippen molar-refractivity contribution < 1.29 is 4.79 Å². The number of carbonyl (C=O) groups is 1. The number of hydrogen-bond donors (Lipinski definition) is 2. The maximum absolute atomic E-state index is 10.2. The molecule has 0 aliphatic heterocycles. The van der Waals surface area contributed by atoms with Gasteiger partial charge in [-0.05, 0) is 6.92 Å². The molecule has 10 heavy (non-hydrogen) atoms. The van der Waals surface area contributed by atoms with Gasteiger partial charge < -0.3 is 11.1 Å². The van der Waals surface area contributed by atoms with E-state index in [0.717, 1.165) is 0 Å². The maximum atomic E-state index is 10.2. The molecule has 0 aromatic heterocycles. The highest BCUT2D eigenvalue weighted by molar-refractivity contribution is 5.73. The zero-order chi connectivity index (χ0) is 7.98. The molecule has 0 aromatic carbocycles. The average molecular weight is 142 g/mol. The zero-order valence-corrected chi connectivity index (χ0v) is 6.26. The third-order valence-corrected chi connectivity index (χ3v) is 1.19. The smallest absolute Gasteiger partial charge is 0.218 e. The highest BCUT2D eigenvalue weighted by atomic mass is 16.1. The van der Waals surface area contributed by atoms with E-state index in [1.54, 1.807) is 6.08 Å². The summed E-state index contributed by atoms with van der Waals surface area (Å²) in [6.07, 6.45) is 2.17. The van der Waals surface area contributed by atoms with Crippen molar-refractivity contribution in [1.29, 1.82) is 0 Å². The van der Waals surface area contributed by atoms with Crippen LogP contribution in [0.2, 0.25) is 0 Å². The Labute approximate surface area is 61.3 Å². The van der Waals surface area contributed by atoms with E-state index < -0.39 is 0 Å². The Hall–Kier alpha value is -0.830. The van der Waals surface area contributed by atoms with Crippen molar-refractivity contribution in [3.05, 3.63) is 12.7 Å². The summed E-state index contributed by atoms with van der Waals surface area (Å²) in [6.45, 7) is 6.17. The summed E-state index contributed by atoms with van der Waals surface area (Å²) in [4.78, 5) is 10.2. The lowest BCUT2D eigenvalue weighted by molar-refractivity contribution is -0.117. The van der Waals surface area contributed by atoms with Gasteiger partial charge in [0.2, 0.25) is 5.91 Å². The van der Waals surface area contributed by atoms with Gasteiger partial charge in [0, 0.05) is 19.0 Å². The highest BCUT2D eigenvalue weighted by Gasteiger charge is 1.95. The Balaban J connectivity index is 3.19. The van der Waals surface area contributed by atoms with Crippen LogP contribution in [-0.2, 0) is 4.79 Å². The first-order valence-corrected chi connectivity index (χ1v) is 3.31. The van der Waals surface area contributed by atoms with E-state index in [4.69, 9.17) is 5.73 Å². The number of primary amides is 1. The van der Waals surface area contributed by atoms with E-state index in [1.807, 2.05) is 6.92 Å². The van der Waals surface area contributed by atoms with Gasteiger partial charge in [0.25, 0.3) is 0 Å². The molecule has 0 radical (unpaired) electrons. The lowest BCUT2D eigenvalue weighted by atomic mass is 10.3. The fraction of sp³-hybridized carbons (Fsp3) is 0.571. The van der Waals surface area contributed by atoms with Crippen LogP contribution in [0.4, 0.5) is 0 Å². The summed E-state index contributed by atoms with van der Waals surface area (Å²) >= 11 is 0. The molecular formula is C7H14N2O. The molecule has 0 bridgehead atoms. The van der Waals surface area contributed by atoms with Crippen LogP contribution in [0, 0.1) is 0 Å². The Morgan fingerprint density at radius 3 is 2.90 bits per heavy atom.